The van der Waals surface area contributed by atoms with Crippen LogP contribution in [-0.2, 0) is 11.2 Å². The number of aryl methyl sites for hydroxylation is 1. The molecule has 0 saturated heterocycles. The molecule has 0 aromatic heterocycles. The largest absolute Gasteiger partial charge is 0.493 e. The second kappa shape index (κ2) is 5.60. The van der Waals surface area contributed by atoms with Crippen LogP contribution in [0.1, 0.15) is 57.2 Å². The fourth-order valence-corrected chi connectivity index (χ4v) is 1.92. The van der Waals surface area contributed by atoms with Gasteiger partial charge in [0.25, 0.3) is 0 Å². The number of allylic oxidation sites excluding steroid dienone is 1. The summed E-state index contributed by atoms with van der Waals surface area (Å²) in [6.45, 7) is 16.8. The molecule has 0 aliphatic heterocycles. The Morgan fingerprint density at radius 1 is 1.28 bits per heavy atom. The summed E-state index contributed by atoms with van der Waals surface area (Å²) in [6, 6.07) is 6.67. The summed E-state index contributed by atoms with van der Waals surface area (Å²) in [4.78, 5) is 0. The lowest BCUT2D eigenvalue weighted by Gasteiger charge is -2.23. The smallest absolute Gasteiger partial charge is 0.100 e. The van der Waals surface area contributed by atoms with Gasteiger partial charge in [-0.1, -0.05) is 38.6 Å². The first-order valence-electron chi connectivity index (χ1n) is 6.65. The van der Waals surface area contributed by atoms with Crippen molar-refractivity contribution in [3.63, 3.8) is 0 Å². The predicted molar refractivity (Wildman–Crippen MR) is 79.0 cm³/mol. The minimum absolute atomic E-state index is 0.166. The fraction of sp³-hybridized carbons (Fsp3) is 0.529. The van der Waals surface area contributed by atoms with Crippen molar-refractivity contribution in [1.82, 2.24) is 0 Å². The lowest BCUT2D eigenvalue weighted by Crippen LogP contribution is -2.19. The molecule has 1 heteroatoms. The molecule has 100 valence electrons. The van der Waals surface area contributed by atoms with E-state index in [1.165, 1.54) is 16.7 Å². The standard InChI is InChI=1S/C17H26O/c1-12(2)15-9-8-13(3)16(11-15)10-14(4)18-17(5,6)7/h8-9,11-12H,4,10H2,1-3,5-7H3. The van der Waals surface area contributed by atoms with Crippen LogP contribution in [0.4, 0.5) is 0 Å². The lowest BCUT2D eigenvalue weighted by atomic mass is 9.96. The van der Waals surface area contributed by atoms with E-state index < -0.39 is 0 Å². The zero-order chi connectivity index (χ0) is 13.9. The number of benzene rings is 1. The summed E-state index contributed by atoms with van der Waals surface area (Å²) in [5.41, 5.74) is 3.83. The number of rotatable bonds is 4. The second-order valence-electron chi connectivity index (χ2n) is 6.27. The highest BCUT2D eigenvalue weighted by molar-refractivity contribution is 5.34. The van der Waals surface area contributed by atoms with Crippen molar-refractivity contribution in [3.05, 3.63) is 47.2 Å². The Morgan fingerprint density at radius 2 is 1.89 bits per heavy atom. The number of ether oxygens (including phenoxy) is 1. The highest BCUT2D eigenvalue weighted by Gasteiger charge is 2.13. The maximum Gasteiger partial charge on any atom is 0.100 e. The van der Waals surface area contributed by atoms with E-state index in [0.717, 1.165) is 12.2 Å². The van der Waals surface area contributed by atoms with Crippen molar-refractivity contribution in [3.8, 4) is 0 Å². The molecular weight excluding hydrogens is 220 g/mol. The van der Waals surface area contributed by atoms with Crippen molar-refractivity contribution >= 4 is 0 Å². The van der Waals surface area contributed by atoms with Gasteiger partial charge >= 0.3 is 0 Å². The van der Waals surface area contributed by atoms with E-state index in [4.69, 9.17) is 4.74 Å². The number of hydrogen-bond acceptors (Lipinski definition) is 1. The molecule has 0 radical (unpaired) electrons. The normalized spacial score (nSPS) is 11.7. The van der Waals surface area contributed by atoms with Crippen LogP contribution in [0.15, 0.2) is 30.5 Å². The van der Waals surface area contributed by atoms with Crippen molar-refractivity contribution in [2.45, 2.75) is 59.5 Å². The van der Waals surface area contributed by atoms with Gasteiger partial charge in [-0.2, -0.15) is 0 Å². The van der Waals surface area contributed by atoms with Crippen LogP contribution in [0.5, 0.6) is 0 Å². The van der Waals surface area contributed by atoms with Crippen LogP contribution < -0.4 is 0 Å². The molecule has 0 spiro atoms. The molecule has 1 nitrogen and oxygen atoms in total. The average molecular weight is 246 g/mol. The van der Waals surface area contributed by atoms with Crippen molar-refractivity contribution in [2.24, 2.45) is 0 Å². The van der Waals surface area contributed by atoms with Crippen molar-refractivity contribution in [2.75, 3.05) is 0 Å². The Hall–Kier alpha value is -1.24. The molecule has 0 N–H and O–H groups in total. The van der Waals surface area contributed by atoms with Gasteiger partial charge in [0, 0.05) is 6.42 Å². The van der Waals surface area contributed by atoms with Gasteiger partial charge in [-0.3, -0.25) is 0 Å². The maximum atomic E-state index is 5.80. The summed E-state index contributed by atoms with van der Waals surface area (Å²) in [5, 5.41) is 0. The predicted octanol–water partition coefficient (Wildman–Crippen LogP) is 4.99. The van der Waals surface area contributed by atoms with Gasteiger partial charge in [0.05, 0.1) is 5.76 Å². The first kappa shape index (κ1) is 14.8. The molecule has 1 aromatic rings. The van der Waals surface area contributed by atoms with Gasteiger partial charge < -0.3 is 4.74 Å². The van der Waals surface area contributed by atoms with Gasteiger partial charge in [-0.05, 0) is 50.3 Å². The molecule has 18 heavy (non-hydrogen) atoms. The third-order valence-electron chi connectivity index (χ3n) is 2.88. The highest BCUT2D eigenvalue weighted by atomic mass is 16.5. The van der Waals surface area contributed by atoms with E-state index in [0.29, 0.717) is 5.92 Å². The van der Waals surface area contributed by atoms with Gasteiger partial charge in [0.15, 0.2) is 0 Å². The van der Waals surface area contributed by atoms with E-state index in [9.17, 15) is 0 Å². The zero-order valence-corrected chi connectivity index (χ0v) is 12.6. The van der Waals surface area contributed by atoms with Crippen LogP contribution in [0.3, 0.4) is 0 Å². The summed E-state index contributed by atoms with van der Waals surface area (Å²) >= 11 is 0. The molecule has 0 aliphatic carbocycles. The van der Waals surface area contributed by atoms with Crippen LogP contribution in [0.2, 0.25) is 0 Å². The first-order chi connectivity index (χ1) is 8.19. The van der Waals surface area contributed by atoms with E-state index >= 15 is 0 Å². The third-order valence-corrected chi connectivity index (χ3v) is 2.88. The van der Waals surface area contributed by atoms with E-state index in [-0.39, 0.29) is 5.60 Å². The van der Waals surface area contributed by atoms with E-state index in [1.807, 2.05) is 0 Å². The Bertz CT molecular complexity index is 422. The zero-order valence-electron chi connectivity index (χ0n) is 12.6. The molecule has 0 aliphatic rings. The third kappa shape index (κ3) is 4.56. The second-order valence-corrected chi connectivity index (χ2v) is 6.27. The van der Waals surface area contributed by atoms with Crippen LogP contribution in [-0.4, -0.2) is 5.60 Å². The molecule has 0 fully saturated rings. The quantitative estimate of drug-likeness (QED) is 0.680. The Kier molecular flexibility index (Phi) is 4.61. The molecule has 0 bridgehead atoms. The van der Waals surface area contributed by atoms with Gasteiger partial charge in [0.1, 0.15) is 5.60 Å². The number of hydrogen-bond donors (Lipinski definition) is 0. The average Bonchev–Trinajstić information content (AvgIpc) is 2.18. The topological polar surface area (TPSA) is 9.23 Å². The van der Waals surface area contributed by atoms with Gasteiger partial charge in [0.2, 0.25) is 0 Å². The maximum absolute atomic E-state index is 5.80. The minimum Gasteiger partial charge on any atom is -0.493 e. The van der Waals surface area contributed by atoms with Gasteiger partial charge in [-0.25, -0.2) is 0 Å². The van der Waals surface area contributed by atoms with Crippen LogP contribution >= 0.6 is 0 Å². The van der Waals surface area contributed by atoms with Crippen molar-refractivity contribution < 1.29 is 4.74 Å². The Balaban J connectivity index is 2.84. The Morgan fingerprint density at radius 3 is 2.39 bits per heavy atom. The summed E-state index contributed by atoms with van der Waals surface area (Å²) in [6.07, 6.45) is 0.795. The SMILES string of the molecule is C=C(Cc1cc(C(C)C)ccc1C)OC(C)(C)C. The molecule has 0 amide bonds. The van der Waals surface area contributed by atoms with Gasteiger partial charge in [-0.15, -0.1) is 0 Å². The minimum atomic E-state index is -0.166. The summed E-state index contributed by atoms with van der Waals surface area (Å²) in [7, 11) is 0. The fourth-order valence-electron chi connectivity index (χ4n) is 1.92. The monoisotopic (exact) mass is 246 g/mol. The lowest BCUT2D eigenvalue weighted by molar-refractivity contribution is 0.0500. The molecule has 0 atom stereocenters. The van der Waals surface area contributed by atoms with E-state index in [1.54, 1.807) is 0 Å². The molecule has 0 saturated carbocycles. The van der Waals surface area contributed by atoms with Crippen LogP contribution in [0, 0.1) is 6.92 Å². The summed E-state index contributed by atoms with van der Waals surface area (Å²) in [5.74, 6) is 1.40. The Labute approximate surface area is 112 Å². The first-order valence-corrected chi connectivity index (χ1v) is 6.65. The van der Waals surface area contributed by atoms with Crippen molar-refractivity contribution in [1.29, 1.82) is 0 Å². The molecular formula is C17H26O. The molecule has 0 unspecified atom stereocenters. The molecule has 1 rings (SSSR count). The van der Waals surface area contributed by atoms with E-state index in [2.05, 4.69) is 66.3 Å². The highest BCUT2D eigenvalue weighted by Crippen LogP contribution is 2.22. The summed E-state index contributed by atoms with van der Waals surface area (Å²) < 4.78 is 5.80. The van der Waals surface area contributed by atoms with Crippen LogP contribution in [0.25, 0.3) is 0 Å². The molecule has 0 heterocycles. The molecule has 1 aromatic carbocycles.